The van der Waals surface area contributed by atoms with Gasteiger partial charge in [-0.1, -0.05) is 198 Å². The maximum atomic E-state index is 6.25. The van der Waals surface area contributed by atoms with Crippen LogP contribution in [0, 0.1) is 27.7 Å². The van der Waals surface area contributed by atoms with Crippen molar-refractivity contribution in [1.82, 2.24) is 28.2 Å². The molecule has 0 bridgehead atoms. The number of hydrogen-bond donors (Lipinski definition) is 0. The van der Waals surface area contributed by atoms with Crippen molar-refractivity contribution in [3.8, 4) is 89.8 Å². The van der Waals surface area contributed by atoms with E-state index in [-0.39, 0.29) is 0 Å². The molecule has 19 rings (SSSR count). The van der Waals surface area contributed by atoms with Gasteiger partial charge in [-0.3, -0.25) is 4.98 Å². The smallest absolute Gasteiger partial charge is 0.0794 e. The van der Waals surface area contributed by atoms with Gasteiger partial charge in [-0.25, -0.2) is 4.98 Å². The maximum Gasteiger partial charge on any atom is 0.0794 e. The van der Waals surface area contributed by atoms with E-state index >= 15 is 0 Å². The number of hydrogen-bond acceptors (Lipinski definition) is 2. The summed E-state index contributed by atoms with van der Waals surface area (Å²) in [5, 5.41) is 9.87. The fourth-order valence-corrected chi connectivity index (χ4v) is 15.9. The third kappa shape index (κ3) is 9.02. The summed E-state index contributed by atoms with van der Waals surface area (Å²) in [7, 11) is 0. The van der Waals surface area contributed by atoms with Crippen LogP contribution >= 0.6 is 0 Å². The average Bonchev–Trinajstić information content (AvgIpc) is 1.20. The molecule has 0 unspecified atom stereocenters. The lowest BCUT2D eigenvalue weighted by atomic mass is 9.81. The van der Waals surface area contributed by atoms with Crippen molar-refractivity contribution < 1.29 is 0 Å². The molecule has 0 radical (unpaired) electrons. The molecule has 0 N–H and O–H groups in total. The van der Waals surface area contributed by atoms with Crippen LogP contribution in [0.1, 0.15) is 22.3 Å². The zero-order chi connectivity index (χ0) is 65.3. The van der Waals surface area contributed by atoms with Crippen LogP contribution in [-0.2, 0) is 0 Å². The van der Waals surface area contributed by atoms with E-state index in [9.17, 15) is 0 Å². The zero-order valence-electron chi connectivity index (χ0n) is 54.7. The van der Waals surface area contributed by atoms with Crippen LogP contribution < -0.4 is 0 Å². The largest absolute Gasteiger partial charge is 0.309 e. The summed E-state index contributed by atoms with van der Waals surface area (Å²) in [6.07, 6.45) is 3.86. The van der Waals surface area contributed by atoms with E-state index in [4.69, 9.17) is 9.97 Å². The van der Waals surface area contributed by atoms with E-state index in [1.807, 2.05) is 18.5 Å². The average molecular weight is 1250 g/mol. The van der Waals surface area contributed by atoms with Crippen LogP contribution in [0.3, 0.4) is 0 Å². The molecule has 98 heavy (non-hydrogen) atoms. The first-order valence-electron chi connectivity index (χ1n) is 33.8. The summed E-state index contributed by atoms with van der Waals surface area (Å²) in [6, 6.07) is 112. The van der Waals surface area contributed by atoms with Gasteiger partial charge in [0.25, 0.3) is 0 Å². The fraction of sp³-hybridized carbons (Fsp3) is 0.0435. The number of pyridine rings is 2. The molecule has 0 aliphatic heterocycles. The summed E-state index contributed by atoms with van der Waals surface area (Å²) in [5.74, 6) is 0. The fourth-order valence-electron chi connectivity index (χ4n) is 15.9. The van der Waals surface area contributed by atoms with Crippen molar-refractivity contribution in [2.24, 2.45) is 0 Å². The lowest BCUT2D eigenvalue weighted by Gasteiger charge is -2.25. The third-order valence-corrected chi connectivity index (χ3v) is 20.3. The van der Waals surface area contributed by atoms with Crippen LogP contribution in [0.4, 0.5) is 0 Å². The molecule has 6 aromatic heterocycles. The quantitative estimate of drug-likeness (QED) is 0.137. The minimum Gasteiger partial charge on any atom is -0.309 e. The van der Waals surface area contributed by atoms with Crippen LogP contribution in [0.5, 0.6) is 0 Å². The maximum absolute atomic E-state index is 6.25. The van der Waals surface area contributed by atoms with E-state index in [0.717, 1.165) is 112 Å². The molecule has 0 spiro atoms. The summed E-state index contributed by atoms with van der Waals surface area (Å²) in [6.45, 7) is 8.71. The van der Waals surface area contributed by atoms with E-state index in [1.54, 1.807) is 0 Å². The van der Waals surface area contributed by atoms with Gasteiger partial charge in [0.05, 0.1) is 55.5 Å². The van der Waals surface area contributed by atoms with Crippen molar-refractivity contribution in [3.63, 3.8) is 0 Å². The molecule has 6 nitrogen and oxygen atoms in total. The molecule has 6 heterocycles. The van der Waals surface area contributed by atoms with Gasteiger partial charge in [0, 0.05) is 112 Å². The number of aromatic nitrogens is 6. The first-order chi connectivity index (χ1) is 48.3. The second-order valence-electron chi connectivity index (χ2n) is 26.4. The lowest BCUT2D eigenvalue weighted by Crippen LogP contribution is -2.03. The molecule has 0 aliphatic carbocycles. The number of rotatable bonds is 10. The molecular weight excluding hydrogens is 1190 g/mol. The van der Waals surface area contributed by atoms with Crippen molar-refractivity contribution in [2.75, 3.05) is 0 Å². The molecule has 0 atom stereocenters. The first-order valence-corrected chi connectivity index (χ1v) is 33.8. The normalized spacial score (nSPS) is 11.9. The Morgan fingerprint density at radius 2 is 0.520 bits per heavy atom. The van der Waals surface area contributed by atoms with Crippen molar-refractivity contribution >= 4 is 87.2 Å². The minimum atomic E-state index is 0.864. The summed E-state index contributed by atoms with van der Waals surface area (Å²) < 4.78 is 9.65. The Morgan fingerprint density at radius 3 is 0.847 bits per heavy atom. The van der Waals surface area contributed by atoms with Gasteiger partial charge in [0.1, 0.15) is 0 Å². The molecule has 6 heteroatoms. The van der Waals surface area contributed by atoms with Crippen LogP contribution in [-0.4, -0.2) is 28.2 Å². The van der Waals surface area contributed by atoms with Gasteiger partial charge in [-0.2, -0.15) is 0 Å². The van der Waals surface area contributed by atoms with Gasteiger partial charge < -0.3 is 18.3 Å². The van der Waals surface area contributed by atoms with E-state index < -0.39 is 0 Å². The molecule has 19 aromatic rings. The Bertz CT molecular complexity index is 6070. The summed E-state index contributed by atoms with van der Waals surface area (Å²) in [4.78, 5) is 11.0. The predicted octanol–water partition coefficient (Wildman–Crippen LogP) is 24.1. The molecule has 0 aliphatic rings. The van der Waals surface area contributed by atoms with Crippen molar-refractivity contribution in [3.05, 3.63) is 338 Å². The number of nitrogens with zero attached hydrogens (tertiary/aromatic N) is 6. The topological polar surface area (TPSA) is 45.5 Å². The number of benzene rings is 13. The number of fused-ring (bicyclic) bond motifs is 12. The molecule has 0 amide bonds. The SMILES string of the molecule is Cc1ccc2c(c1)c1ccccc1n2-c1ccc(-c2nc(-c3ccc(-n4c5ccccc5c5cc(C)ccc54)cc3)c(-c3ccc(-n4c5ccccc5c5cc(C)ccc54)cc3)c(-c3ccccc3-c3cccnc3)c2-c2ccc(-n3c4ccccc4c4cc(C)ccc43)cc2)cc1. The van der Waals surface area contributed by atoms with Crippen molar-refractivity contribution in [1.29, 1.82) is 0 Å². The Hall–Kier alpha value is -12.6. The van der Waals surface area contributed by atoms with Crippen LogP contribution in [0.25, 0.3) is 177 Å². The zero-order valence-corrected chi connectivity index (χ0v) is 54.7. The highest BCUT2D eigenvalue weighted by molar-refractivity contribution is 6.14. The second-order valence-corrected chi connectivity index (χ2v) is 26.4. The van der Waals surface area contributed by atoms with E-state index in [0.29, 0.717) is 0 Å². The standard InChI is InChI=1S/C92H64N6/c1-57-27-47-84-76(52-57)71-18-7-11-23-80(71)95(84)66-39-31-61(32-40-66)88-90(75-22-6-5-17-70(75)65-16-15-51-93-56-65)89(62-33-41-67(42-34-62)96-81-24-12-8-19-72(81)77-53-58(2)28-48-85(77)96)92(64-37-45-69(46-38-64)98-83-26-14-10-21-74(83)79-55-60(4)30-50-87(79)98)94-91(88)63-35-43-68(44-36-63)97-82-25-13-9-20-73(82)78-54-59(3)29-49-86(78)97/h5-56H,1-4H3. The highest BCUT2D eigenvalue weighted by Crippen LogP contribution is 2.52. The molecule has 0 fully saturated rings. The minimum absolute atomic E-state index is 0.864. The van der Waals surface area contributed by atoms with Gasteiger partial charge in [0.15, 0.2) is 0 Å². The molecule has 13 aromatic carbocycles. The summed E-state index contributed by atoms with van der Waals surface area (Å²) >= 11 is 0. The lowest BCUT2D eigenvalue weighted by molar-refractivity contribution is 1.17. The Labute approximate surface area is 567 Å². The molecule has 462 valence electrons. The second kappa shape index (κ2) is 22.5. The molecular formula is C92H64N6. The van der Waals surface area contributed by atoms with E-state index in [1.165, 1.54) is 87.4 Å². The monoisotopic (exact) mass is 1250 g/mol. The van der Waals surface area contributed by atoms with E-state index in [2.05, 4.69) is 343 Å². The Kier molecular flexibility index (Phi) is 13.1. The first kappa shape index (κ1) is 56.9. The third-order valence-electron chi connectivity index (χ3n) is 20.3. The molecule has 0 saturated carbocycles. The van der Waals surface area contributed by atoms with Gasteiger partial charge in [-0.05, 0) is 177 Å². The van der Waals surface area contributed by atoms with Crippen LogP contribution in [0.15, 0.2) is 316 Å². The van der Waals surface area contributed by atoms with Crippen molar-refractivity contribution in [2.45, 2.75) is 27.7 Å². The summed E-state index contributed by atoms with van der Waals surface area (Å²) in [5.41, 5.74) is 30.6. The predicted molar refractivity (Wildman–Crippen MR) is 411 cm³/mol. The van der Waals surface area contributed by atoms with Crippen LogP contribution in [0.2, 0.25) is 0 Å². The van der Waals surface area contributed by atoms with Gasteiger partial charge in [-0.15, -0.1) is 0 Å². The molecule has 0 saturated heterocycles. The Morgan fingerprint density at radius 1 is 0.224 bits per heavy atom. The van der Waals surface area contributed by atoms with Gasteiger partial charge >= 0.3 is 0 Å². The highest BCUT2D eigenvalue weighted by atomic mass is 15.0. The number of para-hydroxylation sites is 4. The van der Waals surface area contributed by atoms with Gasteiger partial charge in [0.2, 0.25) is 0 Å². The Balaban J connectivity index is 0.910. The number of aryl methyl sites for hydroxylation is 4. The highest BCUT2D eigenvalue weighted by Gasteiger charge is 2.29.